The molecule has 166 valence electrons. The molecule has 1 aromatic heterocycles. The second-order valence-electron chi connectivity index (χ2n) is 7.90. The van der Waals surface area contributed by atoms with Crippen LogP contribution in [-0.4, -0.2) is 44.4 Å². The molecule has 2 amide bonds. The molecule has 1 atom stereocenters. The lowest BCUT2D eigenvalue weighted by Crippen LogP contribution is -2.36. The highest BCUT2D eigenvalue weighted by Crippen LogP contribution is 2.38. The quantitative estimate of drug-likeness (QED) is 0.687. The number of ether oxygens (including phenoxy) is 1. The van der Waals surface area contributed by atoms with Gasteiger partial charge in [-0.3, -0.25) is 9.59 Å². The van der Waals surface area contributed by atoms with E-state index in [0.717, 1.165) is 36.1 Å². The van der Waals surface area contributed by atoms with Crippen LogP contribution in [0.2, 0.25) is 0 Å². The smallest absolute Gasteiger partial charge is 0.256 e. The van der Waals surface area contributed by atoms with Gasteiger partial charge in [-0.05, 0) is 68.9 Å². The van der Waals surface area contributed by atoms with Crippen molar-refractivity contribution in [2.75, 3.05) is 23.4 Å². The van der Waals surface area contributed by atoms with E-state index in [0.29, 0.717) is 34.9 Å². The Morgan fingerprint density at radius 3 is 2.55 bits per heavy atom. The number of rotatable bonds is 6. The van der Waals surface area contributed by atoms with Gasteiger partial charge in [-0.1, -0.05) is 0 Å². The van der Waals surface area contributed by atoms with Gasteiger partial charge in [0.05, 0.1) is 23.7 Å². The van der Waals surface area contributed by atoms with Gasteiger partial charge in [0.25, 0.3) is 11.8 Å². The van der Waals surface area contributed by atoms with Crippen LogP contribution in [0.5, 0.6) is 5.75 Å². The monoisotopic (exact) mass is 462 g/mol. The Hall–Kier alpha value is -2.39. The zero-order valence-corrected chi connectivity index (χ0v) is 19.0. The number of sulfone groups is 1. The minimum atomic E-state index is -3.09. The van der Waals surface area contributed by atoms with Crippen LogP contribution in [0.25, 0.3) is 0 Å². The van der Waals surface area contributed by atoms with Crippen LogP contribution in [-0.2, 0) is 22.7 Å². The highest BCUT2D eigenvalue weighted by atomic mass is 32.2. The summed E-state index contributed by atoms with van der Waals surface area (Å²) in [6.07, 6.45) is 4.15. The van der Waals surface area contributed by atoms with E-state index in [1.165, 1.54) is 11.3 Å². The molecule has 4 rings (SSSR count). The van der Waals surface area contributed by atoms with Crippen molar-refractivity contribution in [2.24, 2.45) is 0 Å². The summed E-state index contributed by atoms with van der Waals surface area (Å²) in [7, 11) is -3.09. The molecule has 0 spiro atoms. The summed E-state index contributed by atoms with van der Waals surface area (Å²) in [5, 5.41) is 6.33. The van der Waals surface area contributed by atoms with E-state index < -0.39 is 9.84 Å². The van der Waals surface area contributed by atoms with E-state index in [2.05, 4.69) is 10.6 Å². The average molecular weight is 463 g/mol. The summed E-state index contributed by atoms with van der Waals surface area (Å²) in [6, 6.07) is 6.48. The average Bonchev–Trinajstić information content (AvgIpc) is 3.27. The van der Waals surface area contributed by atoms with Gasteiger partial charge in [-0.15, -0.1) is 11.3 Å². The third-order valence-electron chi connectivity index (χ3n) is 5.62. The predicted molar refractivity (Wildman–Crippen MR) is 121 cm³/mol. The first-order chi connectivity index (χ1) is 14.9. The minimum Gasteiger partial charge on any atom is -0.494 e. The van der Waals surface area contributed by atoms with Gasteiger partial charge in [-0.25, -0.2) is 8.42 Å². The van der Waals surface area contributed by atoms with Crippen molar-refractivity contribution in [2.45, 2.75) is 45.1 Å². The predicted octanol–water partition coefficient (Wildman–Crippen LogP) is 3.19. The summed E-state index contributed by atoms with van der Waals surface area (Å²) < 4.78 is 28.9. The summed E-state index contributed by atoms with van der Waals surface area (Å²) in [5.74, 6) is 0.166. The maximum Gasteiger partial charge on any atom is 0.256 e. The zero-order chi connectivity index (χ0) is 22.0. The highest BCUT2D eigenvalue weighted by molar-refractivity contribution is 7.91. The summed E-state index contributed by atoms with van der Waals surface area (Å²) in [6.45, 7) is 2.44. The molecule has 1 aliphatic carbocycles. The minimum absolute atomic E-state index is 0.0288. The molecule has 1 fully saturated rings. The van der Waals surface area contributed by atoms with Crippen molar-refractivity contribution in [1.29, 1.82) is 0 Å². The van der Waals surface area contributed by atoms with E-state index in [1.54, 1.807) is 24.3 Å². The molecule has 2 aliphatic rings. The fourth-order valence-corrected chi connectivity index (χ4v) is 7.06. The Balaban J connectivity index is 1.56. The summed E-state index contributed by atoms with van der Waals surface area (Å²) in [5.41, 5.74) is 1.95. The molecule has 1 aromatic carbocycles. The Labute approximate surface area is 186 Å². The topological polar surface area (TPSA) is 102 Å². The summed E-state index contributed by atoms with van der Waals surface area (Å²) >= 11 is 1.45. The van der Waals surface area contributed by atoms with Gasteiger partial charge in [0.2, 0.25) is 0 Å². The first kappa shape index (κ1) is 21.8. The number of nitrogens with one attached hydrogen (secondary N) is 2. The molecule has 7 nitrogen and oxygen atoms in total. The second-order valence-corrected chi connectivity index (χ2v) is 11.2. The van der Waals surface area contributed by atoms with Crippen molar-refractivity contribution in [3.05, 3.63) is 45.8 Å². The van der Waals surface area contributed by atoms with Crippen molar-refractivity contribution in [3.8, 4) is 5.75 Å². The van der Waals surface area contributed by atoms with Crippen molar-refractivity contribution < 1.29 is 22.7 Å². The van der Waals surface area contributed by atoms with E-state index in [9.17, 15) is 18.0 Å². The van der Waals surface area contributed by atoms with E-state index in [1.807, 2.05) is 6.92 Å². The Kier molecular flexibility index (Phi) is 6.34. The van der Waals surface area contributed by atoms with E-state index >= 15 is 0 Å². The molecule has 0 unspecified atom stereocenters. The summed E-state index contributed by atoms with van der Waals surface area (Å²) in [4.78, 5) is 27.1. The molecule has 2 aromatic rings. The molecule has 0 radical (unpaired) electrons. The number of hydrogen-bond acceptors (Lipinski definition) is 6. The molecule has 2 heterocycles. The largest absolute Gasteiger partial charge is 0.494 e. The van der Waals surface area contributed by atoms with Gasteiger partial charge in [-0.2, -0.15) is 0 Å². The number of carbonyl (C=O) groups is 2. The maximum absolute atomic E-state index is 13.1. The molecule has 0 bridgehead atoms. The highest BCUT2D eigenvalue weighted by Gasteiger charge is 2.32. The second kappa shape index (κ2) is 9.00. The van der Waals surface area contributed by atoms with E-state index in [-0.39, 0.29) is 29.4 Å². The van der Waals surface area contributed by atoms with Crippen molar-refractivity contribution in [1.82, 2.24) is 5.32 Å². The number of carbonyl (C=O) groups excluding carboxylic acids is 2. The maximum atomic E-state index is 13.1. The van der Waals surface area contributed by atoms with Crippen LogP contribution >= 0.6 is 11.3 Å². The molecule has 0 saturated carbocycles. The fraction of sp³-hybridized carbons (Fsp3) is 0.455. The van der Waals surface area contributed by atoms with Crippen LogP contribution in [0.1, 0.15) is 57.3 Å². The number of hydrogen-bond donors (Lipinski definition) is 2. The van der Waals surface area contributed by atoms with Crippen LogP contribution in [0.15, 0.2) is 24.3 Å². The van der Waals surface area contributed by atoms with Gasteiger partial charge in [0.15, 0.2) is 9.84 Å². The van der Waals surface area contributed by atoms with Crippen molar-refractivity contribution >= 4 is 38.0 Å². The first-order valence-electron chi connectivity index (χ1n) is 10.6. The van der Waals surface area contributed by atoms with E-state index in [4.69, 9.17) is 4.74 Å². The Morgan fingerprint density at radius 2 is 1.87 bits per heavy atom. The van der Waals surface area contributed by atoms with Gasteiger partial charge in [0.1, 0.15) is 10.8 Å². The number of aryl methyl sites for hydroxylation is 1. The number of anilines is 1. The molecular formula is C22H26N2O5S2. The molecule has 9 heteroatoms. The lowest BCUT2D eigenvalue weighted by molar-refractivity contribution is 0.0941. The van der Waals surface area contributed by atoms with Crippen LogP contribution in [0.3, 0.4) is 0 Å². The lowest BCUT2D eigenvalue weighted by Gasteiger charge is -2.15. The zero-order valence-electron chi connectivity index (χ0n) is 17.4. The standard InChI is InChI=1S/C22H26N2O5S2/c1-2-29-16-9-7-14(8-10-16)20(25)24-22-19(17-5-3-4-6-18(17)30-22)21(26)23-15-11-12-31(27,28)13-15/h7-10,15H,2-6,11-13H2,1H3,(H,23,26)(H,24,25)/t15-/m1/s1. The van der Waals surface area contributed by atoms with Crippen LogP contribution in [0.4, 0.5) is 5.00 Å². The Bertz CT molecular complexity index is 1090. The number of thiophene rings is 1. The van der Waals surface area contributed by atoms with Crippen LogP contribution < -0.4 is 15.4 Å². The fourth-order valence-electron chi connectivity index (χ4n) is 4.11. The van der Waals surface area contributed by atoms with Gasteiger partial charge >= 0.3 is 0 Å². The van der Waals surface area contributed by atoms with Crippen molar-refractivity contribution in [3.63, 3.8) is 0 Å². The molecule has 2 N–H and O–H groups in total. The molecule has 1 saturated heterocycles. The lowest BCUT2D eigenvalue weighted by atomic mass is 9.95. The molecule has 1 aliphatic heterocycles. The SMILES string of the molecule is CCOc1ccc(C(=O)Nc2sc3c(c2C(=O)N[C@@H]2CCS(=O)(=O)C2)CCCC3)cc1. The van der Waals surface area contributed by atoms with Gasteiger partial charge in [0, 0.05) is 16.5 Å². The number of benzene rings is 1. The van der Waals surface area contributed by atoms with Crippen LogP contribution in [0, 0.1) is 0 Å². The third-order valence-corrected chi connectivity index (χ3v) is 8.60. The molecular weight excluding hydrogens is 436 g/mol. The number of amides is 2. The molecule has 31 heavy (non-hydrogen) atoms. The third kappa shape index (κ3) is 4.93. The first-order valence-corrected chi connectivity index (χ1v) is 13.2. The Morgan fingerprint density at radius 1 is 1.13 bits per heavy atom. The normalized spacial score (nSPS) is 19.5. The van der Waals surface area contributed by atoms with Gasteiger partial charge < -0.3 is 15.4 Å². The number of fused-ring (bicyclic) bond motifs is 1.